The van der Waals surface area contributed by atoms with Crippen LogP contribution in [0.2, 0.25) is 0 Å². The molecule has 3 rings (SSSR count). The molecule has 0 aromatic heterocycles. The maximum atomic E-state index is 13.2. The lowest BCUT2D eigenvalue weighted by Crippen LogP contribution is -2.40. The molecule has 0 N–H and O–H groups in total. The van der Waals surface area contributed by atoms with E-state index >= 15 is 0 Å². The van der Waals surface area contributed by atoms with E-state index in [0.717, 1.165) is 12.0 Å². The van der Waals surface area contributed by atoms with Crippen LogP contribution in [0, 0.1) is 5.92 Å². The van der Waals surface area contributed by atoms with Gasteiger partial charge in [-0.05, 0) is 48.6 Å². The van der Waals surface area contributed by atoms with Crippen molar-refractivity contribution in [1.82, 2.24) is 0 Å². The number of hydrogen-bond donors (Lipinski definition) is 0. The lowest BCUT2D eigenvalue weighted by molar-refractivity contribution is -0.208. The molecule has 32 heavy (non-hydrogen) atoms. The molecule has 0 aliphatic carbocycles. The third kappa shape index (κ3) is 5.96. The van der Waals surface area contributed by atoms with Crippen LogP contribution in [0.3, 0.4) is 0 Å². The molecule has 0 bridgehead atoms. The van der Waals surface area contributed by atoms with Crippen LogP contribution in [-0.4, -0.2) is 16.8 Å². The van der Waals surface area contributed by atoms with Gasteiger partial charge in [-0.2, -0.15) is 26.3 Å². The Morgan fingerprint density at radius 2 is 1.50 bits per heavy atom. The summed E-state index contributed by atoms with van der Waals surface area (Å²) in [6.45, 7) is 3.91. The maximum Gasteiger partial charge on any atom is 0.416 e. The Labute approximate surface area is 196 Å². The van der Waals surface area contributed by atoms with Crippen molar-refractivity contribution in [3.8, 4) is 0 Å². The molecular weight excluding hydrogens is 549 g/mol. The van der Waals surface area contributed by atoms with Crippen molar-refractivity contribution in [3.63, 3.8) is 0 Å². The predicted molar refractivity (Wildman–Crippen MR) is 116 cm³/mol. The molecule has 1 fully saturated rings. The third-order valence-corrected chi connectivity index (χ3v) is 6.60. The van der Waals surface area contributed by atoms with Crippen LogP contribution in [-0.2, 0) is 21.8 Å². The minimum atomic E-state index is -4.91. The Morgan fingerprint density at radius 3 is 2.00 bits per heavy atom. The molecular formula is C23H23F6IO2. The van der Waals surface area contributed by atoms with Gasteiger partial charge in [0.2, 0.25) is 0 Å². The highest BCUT2D eigenvalue weighted by Gasteiger charge is 2.40. The normalized spacial score (nSPS) is 24.2. The zero-order valence-electron chi connectivity index (χ0n) is 17.4. The highest BCUT2D eigenvalue weighted by atomic mass is 127. The number of hydrogen-bond acceptors (Lipinski definition) is 2. The summed E-state index contributed by atoms with van der Waals surface area (Å²) in [7, 11) is 0. The van der Waals surface area contributed by atoms with Crippen molar-refractivity contribution in [3.05, 3.63) is 70.8 Å². The van der Waals surface area contributed by atoms with E-state index in [9.17, 15) is 26.3 Å². The zero-order chi connectivity index (χ0) is 23.7. The van der Waals surface area contributed by atoms with Crippen LogP contribution < -0.4 is 0 Å². The second kappa shape index (κ2) is 9.89. The molecule has 9 heteroatoms. The van der Waals surface area contributed by atoms with Gasteiger partial charge in [0.25, 0.3) is 0 Å². The standard InChI is InChI=1S/C23H23F6IO2/c1-13(30)19-8-9-31-21(20(19)15-6-4-3-5-7-15)32-14(2)16-10-17(22(24,25)26)12-18(11-16)23(27,28)29/h3-7,10-14,19-21H,8-9H2,1-2H3/t13-,14-,19+,20+,21-/m1/s1. The topological polar surface area (TPSA) is 18.5 Å². The van der Waals surface area contributed by atoms with Crippen LogP contribution in [0.1, 0.15) is 54.5 Å². The highest BCUT2D eigenvalue weighted by Crippen LogP contribution is 2.43. The first-order chi connectivity index (χ1) is 14.9. The Kier molecular flexibility index (Phi) is 7.81. The predicted octanol–water partition coefficient (Wildman–Crippen LogP) is 7.77. The van der Waals surface area contributed by atoms with Crippen LogP contribution in [0.5, 0.6) is 0 Å². The Morgan fingerprint density at radius 1 is 0.938 bits per heavy atom. The maximum absolute atomic E-state index is 13.2. The van der Waals surface area contributed by atoms with Gasteiger partial charge < -0.3 is 9.47 Å². The van der Waals surface area contributed by atoms with Crippen molar-refractivity contribution in [1.29, 1.82) is 0 Å². The number of ether oxygens (including phenoxy) is 2. The van der Waals surface area contributed by atoms with Crippen LogP contribution in [0.25, 0.3) is 0 Å². The number of alkyl halides is 7. The minimum absolute atomic E-state index is 0.119. The number of halogens is 7. The average Bonchev–Trinajstić information content (AvgIpc) is 2.72. The van der Waals surface area contributed by atoms with Gasteiger partial charge >= 0.3 is 12.4 Å². The van der Waals surface area contributed by atoms with E-state index in [4.69, 9.17) is 9.47 Å². The quantitative estimate of drug-likeness (QED) is 0.207. The molecule has 1 heterocycles. The molecule has 0 unspecified atom stereocenters. The van der Waals surface area contributed by atoms with E-state index in [1.807, 2.05) is 30.3 Å². The van der Waals surface area contributed by atoms with Gasteiger partial charge in [0.05, 0.1) is 23.8 Å². The molecule has 1 aliphatic rings. The summed E-state index contributed by atoms with van der Waals surface area (Å²) in [5.41, 5.74) is -1.97. The van der Waals surface area contributed by atoms with Crippen molar-refractivity contribution in [2.24, 2.45) is 5.92 Å². The number of rotatable bonds is 5. The van der Waals surface area contributed by atoms with Crippen LogP contribution >= 0.6 is 22.6 Å². The average molecular weight is 572 g/mol. The zero-order valence-corrected chi connectivity index (χ0v) is 19.5. The molecule has 1 aliphatic heterocycles. The van der Waals surface area contributed by atoms with Crippen molar-refractivity contribution < 1.29 is 35.8 Å². The van der Waals surface area contributed by atoms with E-state index in [-0.39, 0.29) is 27.4 Å². The summed E-state index contributed by atoms with van der Waals surface area (Å²) in [5, 5.41) is 0. The summed E-state index contributed by atoms with van der Waals surface area (Å²) in [5.74, 6) is -0.0246. The van der Waals surface area contributed by atoms with Crippen molar-refractivity contribution in [2.75, 3.05) is 6.61 Å². The largest absolute Gasteiger partial charge is 0.416 e. The lowest BCUT2D eigenvalue weighted by atomic mass is 9.80. The summed E-state index contributed by atoms with van der Waals surface area (Å²) in [4.78, 5) is 0. The van der Waals surface area contributed by atoms with Gasteiger partial charge in [0, 0.05) is 9.84 Å². The first-order valence-electron chi connectivity index (χ1n) is 10.1. The molecule has 5 atom stereocenters. The lowest BCUT2D eigenvalue weighted by Gasteiger charge is -2.40. The van der Waals surface area contributed by atoms with Gasteiger partial charge in [-0.1, -0.05) is 59.8 Å². The fourth-order valence-electron chi connectivity index (χ4n) is 4.02. The molecule has 0 spiro atoms. The summed E-state index contributed by atoms with van der Waals surface area (Å²) >= 11 is 2.32. The van der Waals surface area contributed by atoms with Gasteiger partial charge in [-0.3, -0.25) is 0 Å². The molecule has 2 aromatic rings. The first-order valence-corrected chi connectivity index (χ1v) is 11.4. The molecule has 2 nitrogen and oxygen atoms in total. The molecule has 176 valence electrons. The first kappa shape index (κ1) is 25.3. The molecule has 0 saturated carbocycles. The van der Waals surface area contributed by atoms with E-state index in [1.165, 1.54) is 6.92 Å². The smallest absolute Gasteiger partial charge is 0.352 e. The number of benzene rings is 2. The van der Waals surface area contributed by atoms with Gasteiger partial charge in [0.15, 0.2) is 6.29 Å². The van der Waals surface area contributed by atoms with Gasteiger partial charge in [-0.25, -0.2) is 0 Å². The Hall–Kier alpha value is -1.33. The third-order valence-electron chi connectivity index (χ3n) is 5.68. The molecule has 1 saturated heterocycles. The fourth-order valence-corrected chi connectivity index (χ4v) is 4.82. The monoisotopic (exact) mass is 572 g/mol. The van der Waals surface area contributed by atoms with Crippen molar-refractivity contribution in [2.45, 2.75) is 54.9 Å². The summed E-state index contributed by atoms with van der Waals surface area (Å²) in [6, 6.07) is 11.0. The Balaban J connectivity index is 1.94. The van der Waals surface area contributed by atoms with E-state index in [2.05, 4.69) is 29.5 Å². The van der Waals surface area contributed by atoms with E-state index in [0.29, 0.717) is 18.7 Å². The van der Waals surface area contributed by atoms with Crippen LogP contribution in [0.4, 0.5) is 26.3 Å². The molecule has 0 radical (unpaired) electrons. The summed E-state index contributed by atoms with van der Waals surface area (Å²) in [6.07, 6.45) is -10.9. The van der Waals surface area contributed by atoms with Gasteiger partial charge in [-0.15, -0.1) is 0 Å². The molecule has 0 amide bonds. The second-order valence-electron chi connectivity index (χ2n) is 7.92. The van der Waals surface area contributed by atoms with E-state index < -0.39 is 35.9 Å². The summed E-state index contributed by atoms with van der Waals surface area (Å²) < 4.78 is 91.6. The van der Waals surface area contributed by atoms with Crippen LogP contribution in [0.15, 0.2) is 48.5 Å². The Bertz CT molecular complexity index is 865. The van der Waals surface area contributed by atoms with Gasteiger partial charge in [0.1, 0.15) is 0 Å². The molecule has 2 aromatic carbocycles. The minimum Gasteiger partial charge on any atom is -0.352 e. The fraction of sp³-hybridized carbons (Fsp3) is 0.478. The van der Waals surface area contributed by atoms with E-state index in [1.54, 1.807) is 0 Å². The SMILES string of the molecule is C[C@@H](O[C@H]1OCC[C@@H]([C@@H](C)I)[C@@H]1c1ccccc1)c1cc(C(F)(F)F)cc(C(F)(F)F)c1. The van der Waals surface area contributed by atoms with Crippen molar-refractivity contribution >= 4 is 22.6 Å². The second-order valence-corrected chi connectivity index (χ2v) is 9.89. The highest BCUT2D eigenvalue weighted by molar-refractivity contribution is 14.1.